The van der Waals surface area contributed by atoms with E-state index in [-0.39, 0.29) is 0 Å². The van der Waals surface area contributed by atoms with Crippen molar-refractivity contribution in [2.75, 3.05) is 24.5 Å². The number of piperidine rings is 1. The van der Waals surface area contributed by atoms with Gasteiger partial charge in [0.2, 0.25) is 0 Å². The molecule has 15 heavy (non-hydrogen) atoms. The number of rotatable bonds is 3. The average Bonchev–Trinajstić information content (AvgIpc) is 2.32. The second-order valence-electron chi connectivity index (χ2n) is 4.08. The molecule has 0 aromatic carbocycles. The zero-order valence-electron chi connectivity index (χ0n) is 8.97. The van der Waals surface area contributed by atoms with Crippen LogP contribution in [-0.4, -0.2) is 29.6 Å². The van der Waals surface area contributed by atoms with Crippen LogP contribution in [-0.2, 0) is 0 Å². The van der Waals surface area contributed by atoms with E-state index in [2.05, 4.69) is 14.9 Å². The van der Waals surface area contributed by atoms with E-state index in [1.54, 1.807) is 12.5 Å². The molecule has 0 atom stereocenters. The summed E-state index contributed by atoms with van der Waals surface area (Å²) < 4.78 is 0. The van der Waals surface area contributed by atoms with Gasteiger partial charge in [0.05, 0.1) is 0 Å². The Morgan fingerprint density at radius 3 is 2.80 bits per heavy atom. The molecule has 1 aromatic rings. The van der Waals surface area contributed by atoms with Crippen molar-refractivity contribution in [1.82, 2.24) is 9.97 Å². The van der Waals surface area contributed by atoms with Crippen LogP contribution < -0.4 is 10.6 Å². The molecule has 4 heteroatoms. The summed E-state index contributed by atoms with van der Waals surface area (Å²) >= 11 is 0. The molecule has 2 heterocycles. The third kappa shape index (κ3) is 2.65. The molecule has 0 aliphatic carbocycles. The maximum atomic E-state index is 5.57. The summed E-state index contributed by atoms with van der Waals surface area (Å²) in [7, 11) is 0. The van der Waals surface area contributed by atoms with Gasteiger partial charge in [0.1, 0.15) is 12.1 Å². The van der Waals surface area contributed by atoms with Crippen LogP contribution >= 0.6 is 0 Å². The minimum atomic E-state index is 0.813. The maximum Gasteiger partial charge on any atom is 0.131 e. The van der Waals surface area contributed by atoms with E-state index in [0.717, 1.165) is 37.8 Å². The summed E-state index contributed by atoms with van der Waals surface area (Å²) in [6.45, 7) is 3.02. The molecule has 0 bridgehead atoms. The molecule has 4 nitrogen and oxygen atoms in total. The fraction of sp³-hybridized carbons (Fsp3) is 0.636. The Kier molecular flexibility index (Phi) is 3.50. The van der Waals surface area contributed by atoms with E-state index < -0.39 is 0 Å². The summed E-state index contributed by atoms with van der Waals surface area (Å²) in [5.74, 6) is 1.87. The van der Waals surface area contributed by atoms with Gasteiger partial charge in [-0.1, -0.05) is 0 Å². The van der Waals surface area contributed by atoms with Crippen LogP contribution in [0.25, 0.3) is 0 Å². The minimum absolute atomic E-state index is 0.813. The van der Waals surface area contributed by atoms with E-state index in [1.165, 1.54) is 12.8 Å². The molecule has 2 N–H and O–H groups in total. The van der Waals surface area contributed by atoms with Crippen molar-refractivity contribution in [3.8, 4) is 0 Å². The number of nitrogens with two attached hydrogens (primary N) is 1. The predicted octanol–water partition coefficient (Wildman–Crippen LogP) is 1.04. The summed E-state index contributed by atoms with van der Waals surface area (Å²) in [5.41, 5.74) is 5.57. The van der Waals surface area contributed by atoms with Crippen molar-refractivity contribution >= 4 is 5.82 Å². The number of anilines is 1. The van der Waals surface area contributed by atoms with E-state index >= 15 is 0 Å². The largest absolute Gasteiger partial charge is 0.357 e. The fourth-order valence-corrected chi connectivity index (χ4v) is 2.16. The molecule has 82 valence electrons. The van der Waals surface area contributed by atoms with Gasteiger partial charge in [-0.05, 0) is 37.8 Å². The van der Waals surface area contributed by atoms with Gasteiger partial charge >= 0.3 is 0 Å². The first-order chi connectivity index (χ1) is 7.40. The van der Waals surface area contributed by atoms with Crippen molar-refractivity contribution in [2.24, 2.45) is 11.7 Å². The van der Waals surface area contributed by atoms with Gasteiger partial charge in [0.25, 0.3) is 0 Å². The Balaban J connectivity index is 1.88. The summed E-state index contributed by atoms with van der Waals surface area (Å²) in [4.78, 5) is 10.5. The van der Waals surface area contributed by atoms with E-state index in [4.69, 9.17) is 5.73 Å². The standard InChI is InChI=1S/C11H18N4/c12-5-1-10-3-7-15(8-4-10)11-2-6-13-9-14-11/h2,6,9-10H,1,3-5,7-8,12H2. The van der Waals surface area contributed by atoms with Gasteiger partial charge in [-0.2, -0.15) is 0 Å². The lowest BCUT2D eigenvalue weighted by Crippen LogP contribution is -2.34. The molecular weight excluding hydrogens is 188 g/mol. The first-order valence-corrected chi connectivity index (χ1v) is 5.61. The van der Waals surface area contributed by atoms with E-state index in [1.807, 2.05) is 6.07 Å². The molecule has 2 rings (SSSR count). The Hall–Kier alpha value is -1.16. The Labute approximate surface area is 90.5 Å². The second kappa shape index (κ2) is 5.07. The van der Waals surface area contributed by atoms with Crippen molar-refractivity contribution in [2.45, 2.75) is 19.3 Å². The number of nitrogens with zero attached hydrogens (tertiary/aromatic N) is 3. The van der Waals surface area contributed by atoms with Crippen molar-refractivity contribution < 1.29 is 0 Å². The maximum absolute atomic E-state index is 5.57. The number of hydrogen-bond acceptors (Lipinski definition) is 4. The predicted molar refractivity (Wildman–Crippen MR) is 60.6 cm³/mol. The van der Waals surface area contributed by atoms with Crippen LogP contribution in [0.2, 0.25) is 0 Å². The van der Waals surface area contributed by atoms with E-state index in [9.17, 15) is 0 Å². The lowest BCUT2D eigenvalue weighted by atomic mass is 9.94. The third-order valence-corrected chi connectivity index (χ3v) is 3.08. The lowest BCUT2D eigenvalue weighted by Gasteiger charge is -2.32. The molecule has 1 fully saturated rings. The Morgan fingerprint density at radius 1 is 1.40 bits per heavy atom. The van der Waals surface area contributed by atoms with Gasteiger partial charge in [-0.15, -0.1) is 0 Å². The SMILES string of the molecule is NCCC1CCN(c2ccncn2)CC1. The molecule has 0 radical (unpaired) electrons. The molecule has 0 saturated carbocycles. The van der Waals surface area contributed by atoms with Gasteiger partial charge in [0, 0.05) is 19.3 Å². The van der Waals surface area contributed by atoms with Gasteiger partial charge in [0.15, 0.2) is 0 Å². The zero-order valence-corrected chi connectivity index (χ0v) is 8.97. The van der Waals surface area contributed by atoms with Crippen molar-refractivity contribution in [3.63, 3.8) is 0 Å². The molecule has 1 aliphatic rings. The number of aromatic nitrogens is 2. The minimum Gasteiger partial charge on any atom is -0.357 e. The summed E-state index contributed by atoms with van der Waals surface area (Å²) in [6.07, 6.45) is 7.05. The van der Waals surface area contributed by atoms with Gasteiger partial charge < -0.3 is 10.6 Å². The molecule has 1 aromatic heterocycles. The fourth-order valence-electron chi connectivity index (χ4n) is 2.16. The highest BCUT2D eigenvalue weighted by Crippen LogP contribution is 2.22. The first-order valence-electron chi connectivity index (χ1n) is 5.61. The Bertz CT molecular complexity index is 280. The van der Waals surface area contributed by atoms with Crippen LogP contribution in [0.15, 0.2) is 18.6 Å². The normalized spacial score (nSPS) is 18.1. The molecular formula is C11H18N4. The first kappa shape index (κ1) is 10.4. The summed E-state index contributed by atoms with van der Waals surface area (Å²) in [6, 6.07) is 1.98. The second-order valence-corrected chi connectivity index (χ2v) is 4.08. The topological polar surface area (TPSA) is 55.0 Å². The van der Waals surface area contributed by atoms with Crippen LogP contribution in [0.3, 0.4) is 0 Å². The van der Waals surface area contributed by atoms with Crippen LogP contribution in [0.4, 0.5) is 5.82 Å². The van der Waals surface area contributed by atoms with Crippen LogP contribution in [0.5, 0.6) is 0 Å². The number of hydrogen-bond donors (Lipinski definition) is 1. The molecule has 1 saturated heterocycles. The quantitative estimate of drug-likeness (QED) is 0.803. The van der Waals surface area contributed by atoms with Crippen LogP contribution in [0.1, 0.15) is 19.3 Å². The lowest BCUT2D eigenvalue weighted by molar-refractivity contribution is 0.385. The highest BCUT2D eigenvalue weighted by molar-refractivity contribution is 5.36. The highest BCUT2D eigenvalue weighted by atomic mass is 15.2. The molecule has 0 unspecified atom stereocenters. The van der Waals surface area contributed by atoms with Crippen molar-refractivity contribution in [1.29, 1.82) is 0 Å². The van der Waals surface area contributed by atoms with Gasteiger partial charge in [-0.25, -0.2) is 9.97 Å². The Morgan fingerprint density at radius 2 is 2.20 bits per heavy atom. The van der Waals surface area contributed by atoms with Crippen LogP contribution in [0, 0.1) is 5.92 Å². The monoisotopic (exact) mass is 206 g/mol. The van der Waals surface area contributed by atoms with Crippen molar-refractivity contribution in [3.05, 3.63) is 18.6 Å². The third-order valence-electron chi connectivity index (χ3n) is 3.08. The molecule has 0 spiro atoms. The highest BCUT2D eigenvalue weighted by Gasteiger charge is 2.19. The van der Waals surface area contributed by atoms with E-state index in [0.29, 0.717) is 0 Å². The summed E-state index contributed by atoms with van der Waals surface area (Å²) in [5, 5.41) is 0. The smallest absolute Gasteiger partial charge is 0.131 e. The van der Waals surface area contributed by atoms with Gasteiger partial charge in [-0.3, -0.25) is 0 Å². The average molecular weight is 206 g/mol. The zero-order chi connectivity index (χ0) is 10.5. The molecule has 0 amide bonds. The molecule has 1 aliphatic heterocycles.